The maximum atomic E-state index is 12.4. The van der Waals surface area contributed by atoms with Gasteiger partial charge in [-0.25, -0.2) is 4.57 Å². The molecule has 0 aliphatic carbocycles. The van der Waals surface area contributed by atoms with Crippen molar-refractivity contribution < 1.29 is 4.79 Å². The van der Waals surface area contributed by atoms with Crippen molar-refractivity contribution in [3.63, 3.8) is 0 Å². The lowest BCUT2D eigenvalue weighted by molar-refractivity contribution is 0.0906. The van der Waals surface area contributed by atoms with E-state index in [1.807, 2.05) is 49.4 Å². The molecule has 3 rings (SSSR count). The van der Waals surface area contributed by atoms with Gasteiger partial charge in [-0.1, -0.05) is 53.3 Å². The van der Waals surface area contributed by atoms with Crippen molar-refractivity contribution in [1.82, 2.24) is 4.57 Å². The van der Waals surface area contributed by atoms with Crippen molar-refractivity contribution in [1.29, 1.82) is 0 Å². The third-order valence-corrected chi connectivity index (χ3v) is 4.37. The Morgan fingerprint density at radius 1 is 1.14 bits per heavy atom. The molecule has 0 fully saturated rings. The lowest BCUT2D eigenvalue weighted by Crippen LogP contribution is -2.21. The number of aryl methyl sites for hydroxylation is 2. The molecule has 1 heterocycles. The molecule has 0 spiro atoms. The van der Waals surface area contributed by atoms with E-state index in [0.717, 1.165) is 21.6 Å². The molecule has 0 saturated heterocycles. The minimum Gasteiger partial charge on any atom is -0.274 e. The summed E-state index contributed by atoms with van der Waals surface area (Å²) in [5, 5.41) is 0. The summed E-state index contributed by atoms with van der Waals surface area (Å²) in [5.41, 5.74) is 3.01. The highest BCUT2D eigenvalue weighted by molar-refractivity contribution is 7.16. The zero-order valence-electron chi connectivity index (χ0n) is 11.7. The van der Waals surface area contributed by atoms with E-state index in [1.165, 1.54) is 10.1 Å². The molecule has 0 atom stereocenters. The average Bonchev–Trinajstić information content (AvgIpc) is 2.81. The summed E-state index contributed by atoms with van der Waals surface area (Å²) in [4.78, 5) is 24.2. The molecule has 0 unspecified atom stereocenters. The van der Waals surface area contributed by atoms with Gasteiger partial charge in [-0.05, 0) is 31.0 Å². The van der Waals surface area contributed by atoms with Gasteiger partial charge < -0.3 is 0 Å². The Labute approximate surface area is 126 Å². The Morgan fingerprint density at radius 3 is 2.76 bits per heavy atom. The fourth-order valence-corrected chi connectivity index (χ4v) is 3.32. The molecule has 1 aromatic heterocycles. The zero-order valence-corrected chi connectivity index (χ0v) is 12.5. The highest BCUT2D eigenvalue weighted by Gasteiger charge is 2.13. The summed E-state index contributed by atoms with van der Waals surface area (Å²) in [6, 6.07) is 15.5. The van der Waals surface area contributed by atoms with Crippen molar-refractivity contribution in [2.45, 2.75) is 19.8 Å². The Morgan fingerprint density at radius 2 is 1.95 bits per heavy atom. The summed E-state index contributed by atoms with van der Waals surface area (Å²) in [5.74, 6) is -0.140. The third-order valence-electron chi connectivity index (χ3n) is 3.45. The van der Waals surface area contributed by atoms with E-state index >= 15 is 0 Å². The van der Waals surface area contributed by atoms with Crippen LogP contribution in [-0.2, 0) is 6.42 Å². The number of hydrogen-bond donors (Lipinski definition) is 0. The largest absolute Gasteiger partial charge is 0.314 e. The maximum Gasteiger partial charge on any atom is 0.314 e. The molecule has 21 heavy (non-hydrogen) atoms. The second-order valence-corrected chi connectivity index (χ2v) is 6.05. The molecule has 0 radical (unpaired) electrons. The predicted octanol–water partition coefficient (Wildman–Crippen LogP) is 3.64. The number of thiazole rings is 1. The lowest BCUT2D eigenvalue weighted by Gasteiger charge is -2.04. The molecule has 0 aliphatic rings. The van der Waals surface area contributed by atoms with Gasteiger partial charge in [0, 0.05) is 6.42 Å². The Hall–Kier alpha value is -2.20. The van der Waals surface area contributed by atoms with Gasteiger partial charge in [0.2, 0.25) is 5.91 Å². The SMILES string of the molecule is Cc1cccc(CCC(=O)n2c(=O)sc3ccccc32)c1. The van der Waals surface area contributed by atoms with Gasteiger partial charge in [-0.15, -0.1) is 0 Å². The number of benzene rings is 2. The lowest BCUT2D eigenvalue weighted by atomic mass is 10.1. The van der Waals surface area contributed by atoms with Crippen LogP contribution in [0.4, 0.5) is 0 Å². The average molecular weight is 297 g/mol. The van der Waals surface area contributed by atoms with Crippen molar-refractivity contribution in [2.24, 2.45) is 0 Å². The van der Waals surface area contributed by atoms with E-state index in [2.05, 4.69) is 6.07 Å². The van der Waals surface area contributed by atoms with Gasteiger partial charge in [-0.3, -0.25) is 9.59 Å². The van der Waals surface area contributed by atoms with Crippen molar-refractivity contribution in [2.75, 3.05) is 0 Å². The smallest absolute Gasteiger partial charge is 0.274 e. The minimum absolute atomic E-state index is 0.140. The van der Waals surface area contributed by atoms with Crippen LogP contribution >= 0.6 is 11.3 Å². The second-order valence-electron chi connectivity index (χ2n) is 5.05. The normalized spacial score (nSPS) is 10.9. The van der Waals surface area contributed by atoms with E-state index < -0.39 is 0 Å². The van der Waals surface area contributed by atoms with Crippen LogP contribution in [0.5, 0.6) is 0 Å². The molecule has 106 valence electrons. The molecular weight excluding hydrogens is 282 g/mol. The number of rotatable bonds is 3. The predicted molar refractivity (Wildman–Crippen MR) is 86.2 cm³/mol. The van der Waals surface area contributed by atoms with Crippen LogP contribution in [0, 0.1) is 6.92 Å². The van der Waals surface area contributed by atoms with Crippen LogP contribution in [0.15, 0.2) is 53.3 Å². The molecule has 2 aromatic carbocycles. The van der Waals surface area contributed by atoms with E-state index in [0.29, 0.717) is 18.4 Å². The van der Waals surface area contributed by atoms with Gasteiger partial charge >= 0.3 is 4.87 Å². The summed E-state index contributed by atoms with van der Waals surface area (Å²) in [6.07, 6.45) is 0.987. The Bertz CT molecular complexity index is 860. The van der Waals surface area contributed by atoms with E-state index in [4.69, 9.17) is 0 Å². The van der Waals surface area contributed by atoms with E-state index in [1.54, 1.807) is 0 Å². The van der Waals surface area contributed by atoms with Crippen molar-refractivity contribution in [3.05, 3.63) is 69.3 Å². The Balaban J connectivity index is 1.84. The fourth-order valence-electron chi connectivity index (χ4n) is 2.43. The fraction of sp³-hybridized carbons (Fsp3) is 0.176. The summed E-state index contributed by atoms with van der Waals surface area (Å²) in [7, 11) is 0. The van der Waals surface area contributed by atoms with Crippen LogP contribution in [0.3, 0.4) is 0 Å². The van der Waals surface area contributed by atoms with E-state index in [9.17, 15) is 9.59 Å². The number of hydrogen-bond acceptors (Lipinski definition) is 3. The number of carbonyl (C=O) groups is 1. The summed E-state index contributed by atoms with van der Waals surface area (Å²) >= 11 is 1.12. The highest BCUT2D eigenvalue weighted by atomic mass is 32.1. The van der Waals surface area contributed by atoms with E-state index in [-0.39, 0.29) is 10.8 Å². The maximum absolute atomic E-state index is 12.4. The van der Waals surface area contributed by atoms with Gasteiger partial charge in [0.15, 0.2) is 0 Å². The van der Waals surface area contributed by atoms with Gasteiger partial charge in [0.25, 0.3) is 0 Å². The molecule has 0 N–H and O–H groups in total. The number of fused-ring (bicyclic) bond motifs is 1. The van der Waals surface area contributed by atoms with Gasteiger partial charge in [-0.2, -0.15) is 0 Å². The topological polar surface area (TPSA) is 39.1 Å². The third kappa shape index (κ3) is 2.81. The first-order valence-electron chi connectivity index (χ1n) is 6.84. The van der Waals surface area contributed by atoms with Gasteiger partial charge in [0.05, 0.1) is 10.2 Å². The Kier molecular flexibility index (Phi) is 3.71. The van der Waals surface area contributed by atoms with Crippen LogP contribution in [-0.4, -0.2) is 10.5 Å². The molecule has 0 saturated carbocycles. The summed E-state index contributed by atoms with van der Waals surface area (Å²) < 4.78 is 2.15. The molecule has 4 heteroatoms. The number of carbonyl (C=O) groups excluding carboxylic acids is 1. The van der Waals surface area contributed by atoms with Gasteiger partial charge in [0.1, 0.15) is 0 Å². The first kappa shape index (κ1) is 13.8. The number of nitrogens with zero attached hydrogens (tertiary/aromatic N) is 1. The van der Waals surface area contributed by atoms with Crippen LogP contribution in [0.2, 0.25) is 0 Å². The highest BCUT2D eigenvalue weighted by Crippen LogP contribution is 2.17. The van der Waals surface area contributed by atoms with Crippen LogP contribution in [0.1, 0.15) is 22.3 Å². The molecule has 0 bridgehead atoms. The zero-order chi connectivity index (χ0) is 14.8. The number of aromatic nitrogens is 1. The number of para-hydroxylation sites is 1. The van der Waals surface area contributed by atoms with Crippen molar-refractivity contribution in [3.8, 4) is 0 Å². The quantitative estimate of drug-likeness (QED) is 0.740. The molecule has 3 nitrogen and oxygen atoms in total. The van der Waals surface area contributed by atoms with Crippen LogP contribution < -0.4 is 4.87 Å². The first-order chi connectivity index (χ1) is 10.1. The molecule has 3 aromatic rings. The second kappa shape index (κ2) is 5.66. The molecule has 0 amide bonds. The molecular formula is C17H15NO2S. The van der Waals surface area contributed by atoms with Crippen molar-refractivity contribution >= 4 is 27.5 Å². The standard InChI is InChI=1S/C17H15NO2S/c1-12-5-4-6-13(11-12)9-10-16(19)18-14-7-2-3-8-15(14)21-17(18)20/h2-8,11H,9-10H2,1H3. The molecule has 0 aliphatic heterocycles. The monoisotopic (exact) mass is 297 g/mol. The minimum atomic E-state index is -0.203. The first-order valence-corrected chi connectivity index (χ1v) is 7.66. The van der Waals surface area contributed by atoms with Crippen LogP contribution in [0.25, 0.3) is 10.2 Å². The summed E-state index contributed by atoms with van der Waals surface area (Å²) in [6.45, 7) is 2.03.